The quantitative estimate of drug-likeness (QED) is 0.727. The summed E-state index contributed by atoms with van der Waals surface area (Å²) in [7, 11) is 0. The van der Waals surface area contributed by atoms with Gasteiger partial charge in [-0.3, -0.25) is 4.79 Å². The van der Waals surface area contributed by atoms with Gasteiger partial charge in [0.15, 0.2) is 0 Å². The van der Waals surface area contributed by atoms with E-state index in [4.69, 9.17) is 0 Å². The Kier molecular flexibility index (Phi) is 3.92. The van der Waals surface area contributed by atoms with Gasteiger partial charge >= 0.3 is 0 Å². The molecule has 0 aromatic heterocycles. The molecule has 1 N–H and O–H groups in total. The number of carbonyl (C=O) groups excluding carboxylic acids is 1. The van der Waals surface area contributed by atoms with E-state index in [-0.39, 0.29) is 11.9 Å². The number of nitrogens with one attached hydrogen (secondary N) is 1. The number of rotatable bonds is 3. The number of carbonyl (C=O) groups is 1. The lowest BCUT2D eigenvalue weighted by atomic mass is 10.1. The lowest BCUT2D eigenvalue weighted by Crippen LogP contribution is -2.24. The molecule has 0 heterocycles. The van der Waals surface area contributed by atoms with Crippen molar-refractivity contribution in [3.63, 3.8) is 0 Å². The minimum atomic E-state index is -0.0520. The molecule has 1 unspecified atom stereocenters. The number of benzene rings is 1. The summed E-state index contributed by atoms with van der Waals surface area (Å²) in [4.78, 5) is 11.2. The van der Waals surface area contributed by atoms with Gasteiger partial charge in [-0.15, -0.1) is 0 Å². The Labute approximate surface area is 84.6 Å². The second-order valence-electron chi connectivity index (χ2n) is 3.14. The lowest BCUT2D eigenvalue weighted by molar-refractivity contribution is -0.117. The highest BCUT2D eigenvalue weighted by molar-refractivity contribution is 5.87. The molecule has 0 bridgehead atoms. The van der Waals surface area contributed by atoms with Crippen LogP contribution in [-0.4, -0.2) is 5.91 Å². The lowest BCUT2D eigenvalue weighted by Gasteiger charge is -2.12. The minimum Gasteiger partial charge on any atom is -0.346 e. The first-order valence-electron chi connectivity index (χ1n) is 4.72. The average Bonchev–Trinajstić information content (AvgIpc) is 2.19. The third-order valence-corrected chi connectivity index (χ3v) is 1.98. The molecule has 1 atom stereocenters. The number of amides is 1. The maximum Gasteiger partial charge on any atom is 0.244 e. The van der Waals surface area contributed by atoms with Gasteiger partial charge in [-0.2, -0.15) is 0 Å². The van der Waals surface area contributed by atoms with Crippen LogP contribution in [0.5, 0.6) is 0 Å². The molecule has 0 spiro atoms. The maximum absolute atomic E-state index is 11.2. The first kappa shape index (κ1) is 10.5. The molecule has 2 nitrogen and oxygen atoms in total. The van der Waals surface area contributed by atoms with Crippen LogP contribution in [0.3, 0.4) is 0 Å². The molecule has 74 valence electrons. The molecule has 1 aromatic rings. The van der Waals surface area contributed by atoms with Crippen LogP contribution in [0.25, 0.3) is 0 Å². The SMILES string of the molecule is C/C=C\C(=O)NC(C)c1ccccc1. The number of hydrogen-bond acceptors (Lipinski definition) is 1. The van der Waals surface area contributed by atoms with Gasteiger partial charge in [-0.25, -0.2) is 0 Å². The topological polar surface area (TPSA) is 29.1 Å². The van der Waals surface area contributed by atoms with Gasteiger partial charge < -0.3 is 5.32 Å². The van der Waals surface area contributed by atoms with Gasteiger partial charge in [0.25, 0.3) is 0 Å². The van der Waals surface area contributed by atoms with Crippen molar-refractivity contribution in [1.82, 2.24) is 5.32 Å². The molecule has 0 radical (unpaired) electrons. The van der Waals surface area contributed by atoms with E-state index in [0.717, 1.165) is 5.56 Å². The van der Waals surface area contributed by atoms with E-state index in [1.54, 1.807) is 6.08 Å². The Hall–Kier alpha value is -1.57. The summed E-state index contributed by atoms with van der Waals surface area (Å²) in [6, 6.07) is 9.95. The van der Waals surface area contributed by atoms with Gasteiger partial charge in [0.1, 0.15) is 0 Å². The van der Waals surface area contributed by atoms with Crippen molar-refractivity contribution in [2.45, 2.75) is 19.9 Å². The van der Waals surface area contributed by atoms with Gasteiger partial charge in [0, 0.05) is 0 Å². The molecule has 1 aromatic carbocycles. The molecule has 0 aliphatic carbocycles. The highest BCUT2D eigenvalue weighted by Gasteiger charge is 2.05. The summed E-state index contributed by atoms with van der Waals surface area (Å²) < 4.78 is 0. The second kappa shape index (κ2) is 5.22. The van der Waals surface area contributed by atoms with Crippen molar-refractivity contribution in [2.75, 3.05) is 0 Å². The molecule has 1 rings (SSSR count). The van der Waals surface area contributed by atoms with Crippen molar-refractivity contribution < 1.29 is 4.79 Å². The fraction of sp³-hybridized carbons (Fsp3) is 0.250. The molecular formula is C12H15NO. The smallest absolute Gasteiger partial charge is 0.244 e. The van der Waals surface area contributed by atoms with Crippen molar-refractivity contribution in [1.29, 1.82) is 0 Å². The predicted octanol–water partition coefficient (Wildman–Crippen LogP) is 2.44. The molecule has 2 heteroatoms. The summed E-state index contributed by atoms with van der Waals surface area (Å²) in [5.74, 6) is -0.0520. The van der Waals surface area contributed by atoms with Crippen LogP contribution in [0.2, 0.25) is 0 Å². The Bertz CT molecular complexity index is 316. The third kappa shape index (κ3) is 3.05. The largest absolute Gasteiger partial charge is 0.346 e. The molecule has 0 aliphatic rings. The monoisotopic (exact) mass is 189 g/mol. The minimum absolute atomic E-state index is 0.0520. The van der Waals surface area contributed by atoms with Crippen molar-refractivity contribution >= 4 is 5.91 Å². The normalized spacial score (nSPS) is 12.7. The van der Waals surface area contributed by atoms with Crippen molar-refractivity contribution in [3.05, 3.63) is 48.0 Å². The standard InChI is InChI=1S/C12H15NO/c1-3-7-12(14)13-10(2)11-8-5-4-6-9-11/h3-10H,1-2H3,(H,13,14)/b7-3-. The molecule has 0 aliphatic heterocycles. The van der Waals surface area contributed by atoms with Crippen LogP contribution in [0, 0.1) is 0 Å². The molecule has 1 amide bonds. The van der Waals surface area contributed by atoms with Gasteiger partial charge in [0.05, 0.1) is 6.04 Å². The first-order chi connectivity index (χ1) is 6.74. The highest BCUT2D eigenvalue weighted by Crippen LogP contribution is 2.10. The van der Waals surface area contributed by atoms with Crippen LogP contribution >= 0.6 is 0 Å². The maximum atomic E-state index is 11.2. The summed E-state index contributed by atoms with van der Waals surface area (Å²) in [6.07, 6.45) is 3.26. The van der Waals surface area contributed by atoms with E-state index in [1.807, 2.05) is 44.2 Å². The van der Waals surface area contributed by atoms with Crippen LogP contribution in [0.1, 0.15) is 25.5 Å². The van der Waals surface area contributed by atoms with Gasteiger partial charge in [-0.1, -0.05) is 36.4 Å². The van der Waals surface area contributed by atoms with E-state index >= 15 is 0 Å². The van der Waals surface area contributed by atoms with Crippen molar-refractivity contribution in [2.24, 2.45) is 0 Å². The van der Waals surface area contributed by atoms with Gasteiger partial charge in [-0.05, 0) is 25.5 Å². The fourth-order valence-electron chi connectivity index (χ4n) is 1.24. The predicted molar refractivity (Wildman–Crippen MR) is 57.8 cm³/mol. The molecule has 0 saturated heterocycles. The fourth-order valence-corrected chi connectivity index (χ4v) is 1.24. The average molecular weight is 189 g/mol. The highest BCUT2D eigenvalue weighted by atomic mass is 16.1. The summed E-state index contributed by atoms with van der Waals surface area (Å²) >= 11 is 0. The van der Waals surface area contributed by atoms with E-state index in [2.05, 4.69) is 5.32 Å². The molecular weight excluding hydrogens is 174 g/mol. The second-order valence-corrected chi connectivity index (χ2v) is 3.14. The van der Waals surface area contributed by atoms with Crippen molar-refractivity contribution in [3.8, 4) is 0 Å². The first-order valence-corrected chi connectivity index (χ1v) is 4.72. The van der Waals surface area contributed by atoms with Crippen LogP contribution in [0.15, 0.2) is 42.5 Å². The molecule has 0 saturated carbocycles. The zero-order valence-electron chi connectivity index (χ0n) is 8.53. The van der Waals surface area contributed by atoms with E-state index < -0.39 is 0 Å². The van der Waals surface area contributed by atoms with Gasteiger partial charge in [0.2, 0.25) is 5.91 Å². The zero-order chi connectivity index (χ0) is 10.4. The van der Waals surface area contributed by atoms with Crippen LogP contribution < -0.4 is 5.32 Å². The Morgan fingerprint density at radius 3 is 2.57 bits per heavy atom. The van der Waals surface area contributed by atoms with E-state index in [0.29, 0.717) is 0 Å². The van der Waals surface area contributed by atoms with E-state index in [9.17, 15) is 4.79 Å². The summed E-state index contributed by atoms with van der Waals surface area (Å²) in [5.41, 5.74) is 1.12. The Balaban J connectivity index is 2.59. The Morgan fingerprint density at radius 2 is 2.00 bits per heavy atom. The molecule has 14 heavy (non-hydrogen) atoms. The number of hydrogen-bond donors (Lipinski definition) is 1. The van der Waals surface area contributed by atoms with Crippen LogP contribution in [0.4, 0.5) is 0 Å². The zero-order valence-corrected chi connectivity index (χ0v) is 8.53. The third-order valence-electron chi connectivity index (χ3n) is 1.98. The van der Waals surface area contributed by atoms with Crippen LogP contribution in [-0.2, 0) is 4.79 Å². The Morgan fingerprint density at radius 1 is 1.36 bits per heavy atom. The number of allylic oxidation sites excluding steroid dienone is 1. The molecule has 0 fully saturated rings. The summed E-state index contributed by atoms with van der Waals surface area (Å²) in [5, 5.41) is 2.87. The summed E-state index contributed by atoms with van der Waals surface area (Å²) in [6.45, 7) is 3.80. The van der Waals surface area contributed by atoms with E-state index in [1.165, 1.54) is 6.08 Å².